The highest BCUT2D eigenvalue weighted by Gasteiger charge is 2.47. The van der Waals surface area contributed by atoms with Crippen LogP contribution in [-0.2, 0) is 4.79 Å². The van der Waals surface area contributed by atoms with Crippen LogP contribution in [0.2, 0.25) is 5.02 Å². The van der Waals surface area contributed by atoms with Gasteiger partial charge in [-0.3, -0.25) is 9.79 Å². The fourth-order valence-electron chi connectivity index (χ4n) is 2.48. The molecule has 24 heavy (non-hydrogen) atoms. The Morgan fingerprint density at radius 2 is 1.83 bits per heavy atom. The normalized spacial score (nSPS) is 17.8. The van der Waals surface area contributed by atoms with Crippen molar-refractivity contribution in [3.8, 4) is 0 Å². The van der Waals surface area contributed by atoms with Crippen molar-refractivity contribution in [3.05, 3.63) is 50.9 Å². The molecule has 1 aliphatic rings. The Bertz CT molecular complexity index is 840. The molecule has 1 aliphatic heterocycles. The zero-order valence-electron chi connectivity index (χ0n) is 12.7. The third-order valence-corrected chi connectivity index (χ3v) is 5.17. The molecule has 0 bridgehead atoms. The molecule has 0 spiro atoms. The van der Waals surface area contributed by atoms with Crippen LogP contribution in [-0.4, -0.2) is 23.8 Å². The number of aliphatic imine (C=N–C) groups is 1. The number of fused-ring (bicyclic) bond motifs is 1. The van der Waals surface area contributed by atoms with E-state index < -0.39 is 18.1 Å². The number of benzene rings is 1. The zero-order valence-corrected chi connectivity index (χ0v) is 14.2. The highest BCUT2D eigenvalue weighted by molar-refractivity contribution is 7.17. The average Bonchev–Trinajstić information content (AvgIpc) is 2.66. The van der Waals surface area contributed by atoms with Gasteiger partial charge in [-0.2, -0.15) is 13.2 Å². The van der Waals surface area contributed by atoms with Crippen molar-refractivity contribution < 1.29 is 18.0 Å². The lowest BCUT2D eigenvalue weighted by molar-refractivity contribution is -0.158. The second-order valence-corrected chi connectivity index (χ2v) is 7.07. The van der Waals surface area contributed by atoms with E-state index in [0.717, 1.165) is 10.4 Å². The van der Waals surface area contributed by atoms with Crippen LogP contribution < -0.4 is 5.32 Å². The van der Waals surface area contributed by atoms with E-state index in [-0.39, 0.29) is 5.71 Å². The molecular weight excluding hydrogens is 361 g/mol. The molecule has 3 nitrogen and oxygen atoms in total. The summed E-state index contributed by atoms with van der Waals surface area (Å²) in [5, 5.41) is 3.22. The molecule has 2 heterocycles. The predicted octanol–water partition coefficient (Wildman–Crippen LogP) is 4.74. The van der Waals surface area contributed by atoms with Gasteiger partial charge in [0.05, 0.1) is 5.71 Å². The minimum absolute atomic E-state index is 0.143. The third-order valence-electron chi connectivity index (χ3n) is 3.79. The maximum atomic E-state index is 13.2. The number of aryl methyl sites for hydroxylation is 1. The summed E-state index contributed by atoms with van der Waals surface area (Å²) in [6, 6.07) is 3.91. The van der Waals surface area contributed by atoms with Crippen molar-refractivity contribution in [1.29, 1.82) is 0 Å². The molecule has 1 aromatic heterocycles. The number of hydrogen-bond acceptors (Lipinski definition) is 3. The first-order chi connectivity index (χ1) is 11.2. The summed E-state index contributed by atoms with van der Waals surface area (Å²) >= 11 is 7.10. The summed E-state index contributed by atoms with van der Waals surface area (Å²) in [5.74, 6) is -1.17. The van der Waals surface area contributed by atoms with Gasteiger partial charge in [0.1, 0.15) is 5.00 Å². The summed E-state index contributed by atoms with van der Waals surface area (Å²) in [6.45, 7) is 3.65. The Morgan fingerprint density at radius 1 is 1.21 bits per heavy atom. The standard InChI is InChI=1S/C16H12ClF3N2OS/c1-7-8(2)24-15-11(7)12(9-3-5-10(17)6-4-9)21-13(14(23)22-15)16(18,19)20/h3-6,13H,1-2H3,(H,22,23). The number of carbonyl (C=O) groups is 1. The molecule has 1 unspecified atom stereocenters. The highest BCUT2D eigenvalue weighted by Crippen LogP contribution is 2.38. The van der Waals surface area contributed by atoms with Gasteiger partial charge < -0.3 is 5.32 Å². The molecule has 1 aromatic carbocycles. The monoisotopic (exact) mass is 372 g/mol. The second-order valence-electron chi connectivity index (χ2n) is 5.41. The van der Waals surface area contributed by atoms with Crippen LogP contribution in [0.4, 0.5) is 18.2 Å². The van der Waals surface area contributed by atoms with E-state index in [0.29, 0.717) is 21.2 Å². The van der Waals surface area contributed by atoms with Crippen molar-refractivity contribution in [1.82, 2.24) is 0 Å². The van der Waals surface area contributed by atoms with Crippen LogP contribution in [0.15, 0.2) is 29.3 Å². The number of carbonyl (C=O) groups excluding carboxylic acids is 1. The third kappa shape index (κ3) is 2.93. The van der Waals surface area contributed by atoms with Gasteiger partial charge in [0.25, 0.3) is 5.91 Å². The Kier molecular flexibility index (Phi) is 4.17. The van der Waals surface area contributed by atoms with Gasteiger partial charge in [0, 0.05) is 21.0 Å². The molecule has 0 radical (unpaired) electrons. The number of alkyl halides is 3. The number of anilines is 1. The largest absolute Gasteiger partial charge is 0.419 e. The summed E-state index contributed by atoms with van der Waals surface area (Å²) in [6.07, 6.45) is -4.77. The Morgan fingerprint density at radius 3 is 2.42 bits per heavy atom. The number of halogens is 4. The van der Waals surface area contributed by atoms with Crippen molar-refractivity contribution in [2.24, 2.45) is 4.99 Å². The predicted molar refractivity (Wildman–Crippen MR) is 89.4 cm³/mol. The fraction of sp³-hybridized carbons (Fsp3) is 0.250. The Balaban J connectivity index is 2.26. The Hall–Kier alpha value is -1.86. The minimum Gasteiger partial charge on any atom is -0.315 e. The molecule has 2 aromatic rings. The van der Waals surface area contributed by atoms with Gasteiger partial charge >= 0.3 is 6.18 Å². The molecule has 0 aliphatic carbocycles. The zero-order chi connectivity index (χ0) is 17.6. The molecular formula is C16H12ClF3N2OS. The SMILES string of the molecule is Cc1sc2c(c1C)C(c1ccc(Cl)cc1)=NC(C(F)(F)F)C(=O)N2. The van der Waals surface area contributed by atoms with Crippen molar-refractivity contribution >= 4 is 39.6 Å². The first kappa shape index (κ1) is 17.0. The van der Waals surface area contributed by atoms with Crippen LogP contribution in [0.5, 0.6) is 0 Å². The van der Waals surface area contributed by atoms with Crippen LogP contribution in [0.3, 0.4) is 0 Å². The van der Waals surface area contributed by atoms with Crippen LogP contribution in [0.1, 0.15) is 21.6 Å². The second kappa shape index (κ2) is 5.89. The number of hydrogen-bond donors (Lipinski definition) is 1. The molecule has 8 heteroatoms. The summed E-state index contributed by atoms with van der Waals surface area (Å²) in [4.78, 5) is 16.7. The summed E-state index contributed by atoms with van der Waals surface area (Å²) in [5.41, 5.74) is 1.95. The topological polar surface area (TPSA) is 41.5 Å². The van der Waals surface area contributed by atoms with E-state index in [1.165, 1.54) is 11.3 Å². The smallest absolute Gasteiger partial charge is 0.315 e. The molecule has 0 fully saturated rings. The van der Waals surface area contributed by atoms with E-state index in [9.17, 15) is 18.0 Å². The van der Waals surface area contributed by atoms with E-state index in [4.69, 9.17) is 11.6 Å². The maximum Gasteiger partial charge on any atom is 0.419 e. The lowest BCUT2D eigenvalue weighted by Crippen LogP contribution is -2.38. The van der Waals surface area contributed by atoms with E-state index in [2.05, 4.69) is 10.3 Å². The van der Waals surface area contributed by atoms with Gasteiger partial charge in [-0.25, -0.2) is 0 Å². The van der Waals surface area contributed by atoms with Crippen LogP contribution in [0, 0.1) is 13.8 Å². The number of amides is 1. The Labute approximate surface area is 145 Å². The molecule has 1 atom stereocenters. The minimum atomic E-state index is -4.77. The number of thiophene rings is 1. The first-order valence-electron chi connectivity index (χ1n) is 7.00. The van der Waals surface area contributed by atoms with E-state index >= 15 is 0 Å². The summed E-state index contributed by atoms with van der Waals surface area (Å²) < 4.78 is 39.7. The highest BCUT2D eigenvalue weighted by atomic mass is 35.5. The van der Waals surface area contributed by atoms with Gasteiger partial charge in [-0.05, 0) is 31.5 Å². The number of nitrogens with zero attached hydrogens (tertiary/aromatic N) is 1. The van der Waals surface area contributed by atoms with Crippen LogP contribution in [0.25, 0.3) is 0 Å². The van der Waals surface area contributed by atoms with Crippen LogP contribution >= 0.6 is 22.9 Å². The number of rotatable bonds is 1. The lowest BCUT2D eigenvalue weighted by Gasteiger charge is -2.14. The molecule has 1 amide bonds. The molecule has 1 N–H and O–H groups in total. The van der Waals surface area contributed by atoms with Gasteiger partial charge in [0.15, 0.2) is 0 Å². The molecule has 0 saturated carbocycles. The average molecular weight is 373 g/mol. The molecule has 126 valence electrons. The van der Waals surface area contributed by atoms with Gasteiger partial charge in [-0.1, -0.05) is 23.7 Å². The summed E-state index contributed by atoms with van der Waals surface area (Å²) in [7, 11) is 0. The maximum absolute atomic E-state index is 13.2. The molecule has 3 rings (SSSR count). The lowest BCUT2D eigenvalue weighted by atomic mass is 10.00. The van der Waals surface area contributed by atoms with Gasteiger partial charge in [0.2, 0.25) is 6.04 Å². The quantitative estimate of drug-likeness (QED) is 0.771. The number of nitrogens with one attached hydrogen (secondary N) is 1. The molecule has 0 saturated heterocycles. The van der Waals surface area contributed by atoms with Crippen molar-refractivity contribution in [2.75, 3.05) is 5.32 Å². The van der Waals surface area contributed by atoms with E-state index in [1.54, 1.807) is 31.2 Å². The van der Waals surface area contributed by atoms with Crippen molar-refractivity contribution in [3.63, 3.8) is 0 Å². The van der Waals surface area contributed by atoms with Crippen molar-refractivity contribution in [2.45, 2.75) is 26.1 Å². The van der Waals surface area contributed by atoms with E-state index in [1.807, 2.05) is 6.92 Å². The van der Waals surface area contributed by atoms with Gasteiger partial charge in [-0.15, -0.1) is 11.3 Å². The fourth-order valence-corrected chi connectivity index (χ4v) is 3.67. The first-order valence-corrected chi connectivity index (χ1v) is 8.19.